The van der Waals surface area contributed by atoms with Gasteiger partial charge in [0.2, 0.25) is 5.95 Å². The van der Waals surface area contributed by atoms with E-state index in [1.54, 1.807) is 0 Å². The number of benzene rings is 2. The van der Waals surface area contributed by atoms with Gasteiger partial charge in [-0.3, -0.25) is 4.79 Å². The molecule has 0 saturated heterocycles. The number of aliphatic carboxylic acids is 1. The molecule has 3 aromatic rings. The fraction of sp³-hybridized carbons (Fsp3) is 0.320. The Bertz CT molecular complexity index is 1310. The Hall–Kier alpha value is -4.24. The van der Waals surface area contributed by atoms with Crippen LogP contribution in [0.5, 0.6) is 11.5 Å². The molecule has 0 radical (unpaired) electrons. The van der Waals surface area contributed by atoms with E-state index >= 15 is 0 Å². The number of alkyl halides is 9. The van der Waals surface area contributed by atoms with Crippen molar-refractivity contribution in [1.29, 1.82) is 0 Å². The van der Waals surface area contributed by atoms with E-state index in [0.717, 1.165) is 30.6 Å². The highest BCUT2D eigenvalue weighted by molar-refractivity contribution is 5.66. The van der Waals surface area contributed by atoms with Gasteiger partial charge in [-0.1, -0.05) is 18.2 Å². The van der Waals surface area contributed by atoms with Crippen LogP contribution in [-0.2, 0) is 23.7 Å². The van der Waals surface area contributed by atoms with E-state index in [1.807, 2.05) is 0 Å². The van der Waals surface area contributed by atoms with E-state index < -0.39 is 71.0 Å². The van der Waals surface area contributed by atoms with Crippen LogP contribution >= 0.6 is 0 Å². The van der Waals surface area contributed by atoms with E-state index in [4.69, 9.17) is 9.84 Å². The number of phenolic OH excluding ortho intramolecular Hbond substituents is 1. The highest BCUT2D eigenvalue weighted by atomic mass is 19.4. The number of hydrogen-bond acceptors (Lipinski definition) is 6. The second-order valence-corrected chi connectivity index (χ2v) is 8.61. The van der Waals surface area contributed by atoms with Gasteiger partial charge >= 0.3 is 24.5 Å². The summed E-state index contributed by atoms with van der Waals surface area (Å²) in [6, 6.07) is 1.75. The number of anilines is 1. The van der Waals surface area contributed by atoms with E-state index in [9.17, 15) is 49.4 Å². The number of halogens is 9. The highest BCUT2D eigenvalue weighted by Crippen LogP contribution is 2.44. The molecule has 0 unspecified atom stereocenters. The molecule has 1 atom stereocenters. The van der Waals surface area contributed by atoms with Crippen LogP contribution in [0.4, 0.5) is 45.5 Å². The zero-order chi connectivity index (χ0) is 30.6. The van der Waals surface area contributed by atoms with Crippen molar-refractivity contribution in [1.82, 2.24) is 9.97 Å². The third-order valence-corrected chi connectivity index (χ3v) is 5.53. The van der Waals surface area contributed by atoms with Crippen LogP contribution in [0.3, 0.4) is 0 Å². The molecule has 0 aliphatic rings. The van der Waals surface area contributed by atoms with Crippen LogP contribution in [0.1, 0.15) is 41.1 Å². The van der Waals surface area contributed by atoms with Crippen molar-refractivity contribution in [2.75, 3.05) is 11.5 Å². The average molecular weight is 597 g/mol. The minimum absolute atomic E-state index is 0.0731. The Morgan fingerprint density at radius 1 is 0.902 bits per heavy atom. The maximum Gasteiger partial charge on any atom is 0.416 e. The molecule has 0 saturated carbocycles. The Morgan fingerprint density at radius 3 is 1.95 bits per heavy atom. The van der Waals surface area contributed by atoms with Crippen LogP contribution < -0.4 is 9.64 Å². The quantitative estimate of drug-likeness (QED) is 0.197. The van der Waals surface area contributed by atoms with E-state index in [0.29, 0.717) is 4.90 Å². The first-order valence-corrected chi connectivity index (χ1v) is 11.5. The Labute approximate surface area is 225 Å². The summed E-state index contributed by atoms with van der Waals surface area (Å²) in [5.41, 5.74) is -5.03. The van der Waals surface area contributed by atoms with Crippen molar-refractivity contribution in [3.05, 3.63) is 77.1 Å². The Morgan fingerprint density at radius 2 is 1.46 bits per heavy atom. The average Bonchev–Trinajstić information content (AvgIpc) is 2.86. The number of carboxylic acid groups (broad SMARTS) is 1. The fourth-order valence-corrected chi connectivity index (χ4v) is 3.77. The lowest BCUT2D eigenvalue weighted by Gasteiger charge is -2.34. The van der Waals surface area contributed by atoms with Gasteiger partial charge < -0.3 is 19.8 Å². The summed E-state index contributed by atoms with van der Waals surface area (Å²) in [5.74, 6) is -2.80. The van der Waals surface area contributed by atoms with Gasteiger partial charge in [0.25, 0.3) is 0 Å². The maximum atomic E-state index is 14.5. The molecule has 0 aliphatic heterocycles. The first-order chi connectivity index (χ1) is 19.0. The van der Waals surface area contributed by atoms with E-state index in [2.05, 4.69) is 9.97 Å². The Kier molecular flexibility index (Phi) is 9.23. The molecule has 0 amide bonds. The van der Waals surface area contributed by atoms with Crippen LogP contribution in [0.25, 0.3) is 0 Å². The molecule has 222 valence electrons. The number of ether oxygens (including phenoxy) is 1. The molecule has 3 rings (SSSR count). The second-order valence-electron chi connectivity index (χ2n) is 8.61. The van der Waals surface area contributed by atoms with Crippen LogP contribution in [0.15, 0.2) is 54.9 Å². The predicted octanol–water partition coefficient (Wildman–Crippen LogP) is 6.77. The summed E-state index contributed by atoms with van der Waals surface area (Å²) in [5, 5.41) is 18.8. The van der Waals surface area contributed by atoms with Crippen molar-refractivity contribution in [2.45, 2.75) is 44.0 Å². The first kappa shape index (κ1) is 31.3. The summed E-state index contributed by atoms with van der Waals surface area (Å²) in [6.45, 7) is -1.31. The lowest BCUT2D eigenvalue weighted by Crippen LogP contribution is -2.39. The van der Waals surface area contributed by atoms with E-state index in [-0.39, 0.29) is 43.4 Å². The molecular weight excluding hydrogens is 577 g/mol. The van der Waals surface area contributed by atoms with Gasteiger partial charge in [-0.25, -0.2) is 9.97 Å². The molecule has 0 spiro atoms. The number of para-hydroxylation sites is 1. The number of aromatic hydroxyl groups is 1. The minimum atomic E-state index is -5.25. The number of carbonyl (C=O) groups is 1. The van der Waals surface area contributed by atoms with Crippen LogP contribution in [-0.4, -0.2) is 38.9 Å². The molecule has 1 aromatic heterocycles. The smallest absolute Gasteiger partial charge is 0.416 e. The van der Waals surface area contributed by atoms with E-state index in [1.165, 1.54) is 6.07 Å². The zero-order valence-electron chi connectivity index (χ0n) is 20.6. The number of hydrogen-bond donors (Lipinski definition) is 2. The number of aromatic nitrogens is 2. The second kappa shape index (κ2) is 12.1. The number of phenols is 1. The molecule has 41 heavy (non-hydrogen) atoms. The van der Waals surface area contributed by atoms with Gasteiger partial charge in [-0.05, 0) is 36.2 Å². The van der Waals surface area contributed by atoms with Gasteiger partial charge in [-0.15, -0.1) is 0 Å². The van der Waals surface area contributed by atoms with Crippen LogP contribution in [0.2, 0.25) is 0 Å². The molecule has 0 bridgehead atoms. The van der Waals surface area contributed by atoms with Crippen molar-refractivity contribution < 1.29 is 59.3 Å². The van der Waals surface area contributed by atoms with Gasteiger partial charge in [-0.2, -0.15) is 39.5 Å². The molecule has 2 N–H and O–H groups in total. The van der Waals surface area contributed by atoms with Gasteiger partial charge in [0, 0.05) is 18.5 Å². The third-order valence-electron chi connectivity index (χ3n) is 5.53. The number of nitrogens with zero attached hydrogens (tertiary/aromatic N) is 3. The third kappa shape index (κ3) is 8.38. The maximum absolute atomic E-state index is 14.5. The molecule has 0 fully saturated rings. The summed E-state index contributed by atoms with van der Waals surface area (Å²) in [7, 11) is 0. The van der Waals surface area contributed by atoms with Crippen molar-refractivity contribution >= 4 is 11.9 Å². The minimum Gasteiger partial charge on any atom is -0.508 e. The zero-order valence-corrected chi connectivity index (χ0v) is 20.6. The summed E-state index contributed by atoms with van der Waals surface area (Å²) < 4.78 is 129. The number of carboxylic acids is 1. The predicted molar refractivity (Wildman–Crippen MR) is 124 cm³/mol. The Balaban J connectivity index is 2.12. The summed E-state index contributed by atoms with van der Waals surface area (Å²) in [4.78, 5) is 18.4. The SMILES string of the molecule is O=C(O)CCCOc1cnc(N(Cc2cc(C(F)(F)F)cc(C(F)(F)F)c2)[C@@H](c2ccccc2O)C(F)(F)F)nc1. The molecule has 1 heterocycles. The normalized spacial score (nSPS) is 13.1. The molecule has 0 aliphatic carbocycles. The highest BCUT2D eigenvalue weighted by Gasteiger charge is 2.47. The lowest BCUT2D eigenvalue weighted by atomic mass is 10.0. The molecular formula is C25H20F9N3O4. The lowest BCUT2D eigenvalue weighted by molar-refractivity contribution is -0.152. The topological polar surface area (TPSA) is 95.8 Å². The summed E-state index contributed by atoms with van der Waals surface area (Å²) in [6.07, 6.45) is -14.1. The van der Waals surface area contributed by atoms with Crippen molar-refractivity contribution in [3.63, 3.8) is 0 Å². The fourth-order valence-electron chi connectivity index (χ4n) is 3.77. The molecule has 16 heteroatoms. The summed E-state index contributed by atoms with van der Waals surface area (Å²) >= 11 is 0. The van der Waals surface area contributed by atoms with Crippen LogP contribution in [0, 0.1) is 0 Å². The number of rotatable bonds is 10. The largest absolute Gasteiger partial charge is 0.508 e. The molecule has 7 nitrogen and oxygen atoms in total. The monoisotopic (exact) mass is 597 g/mol. The van der Waals surface area contributed by atoms with Gasteiger partial charge in [0.15, 0.2) is 11.8 Å². The van der Waals surface area contributed by atoms with Crippen molar-refractivity contribution in [2.24, 2.45) is 0 Å². The van der Waals surface area contributed by atoms with Gasteiger partial charge in [0.05, 0.1) is 30.1 Å². The standard InChI is InChI=1S/C25H20F9N3O4/c26-23(27,28)15-8-14(9-16(10-15)24(29,30)31)13-37(21(25(32,33)34)18-4-1-2-5-19(18)38)22-35-11-17(12-36-22)41-7-3-6-20(39)40/h1-2,4-5,8-12,21,38H,3,6-7,13H2,(H,39,40)/t21-/m0/s1. The van der Waals surface area contributed by atoms with Crippen molar-refractivity contribution in [3.8, 4) is 11.5 Å². The van der Waals surface area contributed by atoms with Gasteiger partial charge in [0.1, 0.15) is 5.75 Å². The first-order valence-electron chi connectivity index (χ1n) is 11.5. The molecule has 2 aromatic carbocycles.